The van der Waals surface area contributed by atoms with E-state index in [4.69, 9.17) is 0 Å². The van der Waals surface area contributed by atoms with Crippen LogP contribution >= 0.6 is 11.3 Å². The number of benzene rings is 1. The molecule has 2 heterocycles. The van der Waals surface area contributed by atoms with Crippen LogP contribution in [0.5, 0.6) is 0 Å². The monoisotopic (exact) mass is 301 g/mol. The van der Waals surface area contributed by atoms with Gasteiger partial charge in [-0.2, -0.15) is 0 Å². The molecule has 0 bridgehead atoms. The fourth-order valence-electron chi connectivity index (χ4n) is 3.14. The Kier molecular flexibility index (Phi) is 4.36. The largest absolute Gasteiger partial charge is 0.321 e. The summed E-state index contributed by atoms with van der Waals surface area (Å²) in [7, 11) is 0. The lowest BCUT2D eigenvalue weighted by Gasteiger charge is -2.26. The first-order valence-corrected chi connectivity index (χ1v) is 8.38. The molecule has 21 heavy (non-hydrogen) atoms. The Balaban J connectivity index is 1.69. The van der Waals surface area contributed by atoms with E-state index in [0.717, 1.165) is 12.2 Å². The summed E-state index contributed by atoms with van der Waals surface area (Å²) < 4.78 is 0. The molecule has 0 radical (unpaired) electrons. The minimum Gasteiger partial charge on any atom is -0.321 e. The normalized spacial score (nSPS) is 22.9. The zero-order valence-electron chi connectivity index (χ0n) is 12.2. The number of likely N-dealkylation sites (tertiary alicyclic amines) is 1. The second kappa shape index (κ2) is 6.41. The zero-order valence-corrected chi connectivity index (χ0v) is 13.0. The van der Waals surface area contributed by atoms with Crippen molar-refractivity contribution >= 4 is 22.9 Å². The second-order valence-corrected chi connectivity index (χ2v) is 6.59. The van der Waals surface area contributed by atoms with E-state index in [2.05, 4.69) is 22.8 Å². The topological polar surface area (TPSA) is 33.5 Å². The van der Waals surface area contributed by atoms with Crippen molar-refractivity contribution in [3.63, 3.8) is 0 Å². The van der Waals surface area contributed by atoms with Gasteiger partial charge < -0.3 is 10.2 Å². The molecule has 2 N–H and O–H groups in total. The standard InChI is InChI=1S/C17H20N2OS/c1-13(17(20)18-14-7-3-2-4-8-14)19-11-5-9-15(19)16-10-6-12-21-16/h2-4,6-8,10,12-13,15H,5,9,11H2,1H3,(H,18,20)/p+1/t13-,15-/m1/s1. The van der Waals surface area contributed by atoms with Gasteiger partial charge in [0, 0.05) is 18.5 Å². The lowest BCUT2D eigenvalue weighted by atomic mass is 10.1. The van der Waals surface area contributed by atoms with Crippen LogP contribution in [0.25, 0.3) is 0 Å². The number of hydrogen-bond acceptors (Lipinski definition) is 2. The van der Waals surface area contributed by atoms with Gasteiger partial charge in [-0.05, 0) is 30.5 Å². The third-order valence-corrected chi connectivity index (χ3v) is 5.27. The van der Waals surface area contributed by atoms with Gasteiger partial charge in [-0.1, -0.05) is 24.3 Å². The molecule has 1 aliphatic rings. The molecule has 2 aromatic rings. The highest BCUT2D eigenvalue weighted by Crippen LogP contribution is 2.24. The van der Waals surface area contributed by atoms with Crippen molar-refractivity contribution in [2.45, 2.75) is 31.8 Å². The number of quaternary nitrogens is 1. The predicted molar refractivity (Wildman–Crippen MR) is 86.7 cm³/mol. The molecule has 1 saturated heterocycles. The van der Waals surface area contributed by atoms with E-state index in [1.165, 1.54) is 22.6 Å². The van der Waals surface area contributed by atoms with Crippen molar-refractivity contribution in [2.24, 2.45) is 0 Å². The molecule has 0 spiro atoms. The highest BCUT2D eigenvalue weighted by atomic mass is 32.1. The van der Waals surface area contributed by atoms with Crippen molar-refractivity contribution in [3.8, 4) is 0 Å². The number of carbonyl (C=O) groups is 1. The molecule has 110 valence electrons. The van der Waals surface area contributed by atoms with E-state index >= 15 is 0 Å². The molecule has 0 saturated carbocycles. The third-order valence-electron chi connectivity index (χ3n) is 4.28. The molecule has 3 rings (SSSR count). The van der Waals surface area contributed by atoms with Gasteiger partial charge >= 0.3 is 0 Å². The molecule has 1 amide bonds. The van der Waals surface area contributed by atoms with Crippen LogP contribution in [0.1, 0.15) is 30.7 Å². The maximum absolute atomic E-state index is 12.5. The lowest BCUT2D eigenvalue weighted by molar-refractivity contribution is -0.931. The summed E-state index contributed by atoms with van der Waals surface area (Å²) in [5.41, 5.74) is 0.876. The summed E-state index contributed by atoms with van der Waals surface area (Å²) in [6.07, 6.45) is 2.37. The first-order valence-electron chi connectivity index (χ1n) is 7.50. The molecule has 4 heteroatoms. The molecule has 1 aliphatic heterocycles. The maximum Gasteiger partial charge on any atom is 0.282 e. The highest BCUT2D eigenvalue weighted by Gasteiger charge is 2.37. The van der Waals surface area contributed by atoms with E-state index in [0.29, 0.717) is 6.04 Å². The molecular formula is C17H21N2OS+. The molecule has 1 aromatic carbocycles. The van der Waals surface area contributed by atoms with Crippen LogP contribution in [0, 0.1) is 0 Å². The number of para-hydroxylation sites is 1. The van der Waals surface area contributed by atoms with Gasteiger partial charge in [-0.25, -0.2) is 0 Å². The summed E-state index contributed by atoms with van der Waals surface area (Å²) in [6, 6.07) is 14.4. The van der Waals surface area contributed by atoms with Crippen LogP contribution in [0.3, 0.4) is 0 Å². The van der Waals surface area contributed by atoms with Crippen molar-refractivity contribution < 1.29 is 9.69 Å². The first kappa shape index (κ1) is 14.3. The molecule has 1 unspecified atom stereocenters. The molecule has 0 aliphatic carbocycles. The summed E-state index contributed by atoms with van der Waals surface area (Å²) in [5, 5.41) is 5.15. The number of hydrogen-bond donors (Lipinski definition) is 2. The van der Waals surface area contributed by atoms with E-state index in [1.54, 1.807) is 11.3 Å². The van der Waals surface area contributed by atoms with Crippen molar-refractivity contribution in [1.82, 2.24) is 0 Å². The van der Waals surface area contributed by atoms with Gasteiger partial charge in [0.05, 0.1) is 11.4 Å². The summed E-state index contributed by atoms with van der Waals surface area (Å²) in [4.78, 5) is 15.3. The SMILES string of the molecule is C[C@H](C(=O)Nc1ccccc1)[NH+]1CCC[C@@H]1c1cccs1. The Morgan fingerprint density at radius 2 is 2.10 bits per heavy atom. The minimum absolute atomic E-state index is 0.0280. The molecule has 3 atom stereocenters. The fraction of sp³-hybridized carbons (Fsp3) is 0.353. The van der Waals surface area contributed by atoms with Crippen LogP contribution in [-0.4, -0.2) is 18.5 Å². The quantitative estimate of drug-likeness (QED) is 0.894. The minimum atomic E-state index is -0.0280. The summed E-state index contributed by atoms with van der Waals surface area (Å²) >= 11 is 1.80. The van der Waals surface area contributed by atoms with Gasteiger partial charge in [0.1, 0.15) is 6.04 Å². The molecular weight excluding hydrogens is 280 g/mol. The average Bonchev–Trinajstić information content (AvgIpc) is 3.18. The van der Waals surface area contributed by atoms with Crippen LogP contribution in [0.4, 0.5) is 5.69 Å². The van der Waals surface area contributed by atoms with Crippen LogP contribution in [0.2, 0.25) is 0 Å². The Bertz CT molecular complexity index is 582. The number of amides is 1. The van der Waals surface area contributed by atoms with Crippen LogP contribution < -0.4 is 10.2 Å². The van der Waals surface area contributed by atoms with Crippen LogP contribution in [0.15, 0.2) is 47.8 Å². The first-order chi connectivity index (χ1) is 10.3. The number of rotatable bonds is 4. The second-order valence-electron chi connectivity index (χ2n) is 5.61. The van der Waals surface area contributed by atoms with E-state index in [1.807, 2.05) is 37.3 Å². The smallest absolute Gasteiger partial charge is 0.282 e. The number of thiophene rings is 1. The van der Waals surface area contributed by atoms with Gasteiger partial charge in [-0.3, -0.25) is 4.79 Å². The number of anilines is 1. The van der Waals surface area contributed by atoms with Crippen molar-refractivity contribution in [1.29, 1.82) is 0 Å². The number of nitrogens with one attached hydrogen (secondary N) is 2. The van der Waals surface area contributed by atoms with E-state index in [-0.39, 0.29) is 11.9 Å². The molecule has 1 fully saturated rings. The van der Waals surface area contributed by atoms with Gasteiger partial charge in [-0.15, -0.1) is 11.3 Å². The lowest BCUT2D eigenvalue weighted by Crippen LogP contribution is -3.15. The molecule has 1 aromatic heterocycles. The van der Waals surface area contributed by atoms with Crippen LogP contribution in [-0.2, 0) is 4.79 Å². The Morgan fingerprint density at radius 1 is 1.29 bits per heavy atom. The van der Waals surface area contributed by atoms with Gasteiger partial charge in [0.2, 0.25) is 0 Å². The van der Waals surface area contributed by atoms with Crippen molar-refractivity contribution in [2.75, 3.05) is 11.9 Å². The van der Waals surface area contributed by atoms with Crippen molar-refractivity contribution in [3.05, 3.63) is 52.7 Å². The van der Waals surface area contributed by atoms with Gasteiger partial charge in [0.25, 0.3) is 5.91 Å². The number of carbonyl (C=O) groups excluding carboxylic acids is 1. The highest BCUT2D eigenvalue weighted by molar-refractivity contribution is 7.10. The summed E-state index contributed by atoms with van der Waals surface area (Å²) in [5.74, 6) is 0.111. The Labute approximate surface area is 129 Å². The van der Waals surface area contributed by atoms with E-state index < -0.39 is 0 Å². The Morgan fingerprint density at radius 3 is 2.81 bits per heavy atom. The summed E-state index contributed by atoms with van der Waals surface area (Å²) in [6.45, 7) is 3.12. The Hall–Kier alpha value is -1.65. The third kappa shape index (κ3) is 3.17. The molecule has 3 nitrogen and oxygen atoms in total. The maximum atomic E-state index is 12.5. The van der Waals surface area contributed by atoms with E-state index in [9.17, 15) is 4.79 Å². The fourth-order valence-corrected chi connectivity index (χ4v) is 4.05. The van der Waals surface area contributed by atoms with Gasteiger partial charge in [0.15, 0.2) is 6.04 Å². The zero-order chi connectivity index (χ0) is 14.7. The predicted octanol–water partition coefficient (Wildman–Crippen LogP) is 2.50. The average molecular weight is 301 g/mol.